The predicted octanol–water partition coefficient (Wildman–Crippen LogP) is 8.01. The molecule has 2 rings (SSSR count). The van der Waals surface area contributed by atoms with Crippen molar-refractivity contribution < 1.29 is 4.43 Å². The van der Waals surface area contributed by atoms with E-state index < -0.39 is 8.32 Å². The monoisotopic (exact) mass is 408 g/mol. The lowest BCUT2D eigenvalue weighted by molar-refractivity contribution is 0.146. The van der Waals surface area contributed by atoms with E-state index in [-0.39, 0.29) is 6.10 Å². The molecule has 2 aromatic carbocycles. The Morgan fingerprint density at radius 2 is 1.38 bits per heavy atom. The van der Waals surface area contributed by atoms with E-state index in [4.69, 9.17) is 4.43 Å². The smallest absolute Gasteiger partial charge is 0.192 e. The Bertz CT molecular complexity index is 696. The van der Waals surface area contributed by atoms with E-state index in [1.165, 1.54) is 29.3 Å². The Morgan fingerprint density at radius 1 is 0.828 bits per heavy atom. The van der Waals surface area contributed by atoms with Crippen LogP contribution in [-0.4, -0.2) is 14.4 Å². The minimum atomic E-state index is -1.68. The fraction of sp³-hybridized carbons (Fsp3) is 0.481. The van der Waals surface area contributed by atoms with Crippen molar-refractivity contribution in [2.45, 2.75) is 77.6 Å². The van der Waals surface area contributed by atoms with Crippen LogP contribution in [0.25, 0.3) is 0 Å². The van der Waals surface area contributed by atoms with Crippen LogP contribution in [0.1, 0.15) is 58.1 Å². The molecule has 0 heterocycles. The number of allylic oxidation sites excluding steroid dienone is 1. The Kier molecular flexibility index (Phi) is 9.90. The molecular weight excluding hydrogens is 368 g/mol. The van der Waals surface area contributed by atoms with Crippen molar-refractivity contribution in [3.8, 4) is 0 Å². The first-order chi connectivity index (χ1) is 14.0. The maximum Gasteiger partial charge on any atom is 0.192 e. The largest absolute Gasteiger partial charge is 0.413 e. The van der Waals surface area contributed by atoms with E-state index in [2.05, 4.69) is 107 Å². The fourth-order valence-electron chi connectivity index (χ4n) is 4.14. The molecule has 0 fully saturated rings. The molecule has 0 saturated carbocycles. The van der Waals surface area contributed by atoms with Gasteiger partial charge < -0.3 is 4.43 Å². The summed E-state index contributed by atoms with van der Waals surface area (Å²) in [6, 6.07) is 25.3. The Labute approximate surface area is 180 Å². The summed E-state index contributed by atoms with van der Waals surface area (Å²) in [6.07, 6.45) is 7.07. The first kappa shape index (κ1) is 23.6. The summed E-state index contributed by atoms with van der Waals surface area (Å²) in [6.45, 7) is 11.6. The first-order valence-corrected chi connectivity index (χ1v) is 14.0. The van der Waals surface area contributed by atoms with Gasteiger partial charge in [0.15, 0.2) is 8.32 Å². The van der Waals surface area contributed by atoms with E-state index in [1.54, 1.807) is 0 Å². The zero-order chi connectivity index (χ0) is 21.1. The maximum absolute atomic E-state index is 7.10. The summed E-state index contributed by atoms with van der Waals surface area (Å²) in [5.74, 6) is 0.921. The van der Waals surface area contributed by atoms with Gasteiger partial charge in [-0.3, -0.25) is 0 Å². The molecule has 2 aromatic rings. The molecule has 0 bridgehead atoms. The van der Waals surface area contributed by atoms with E-state index in [0.717, 1.165) is 12.8 Å². The molecule has 0 spiro atoms. The van der Waals surface area contributed by atoms with Crippen molar-refractivity contribution in [1.29, 1.82) is 0 Å². The van der Waals surface area contributed by atoms with Crippen LogP contribution in [0.2, 0.25) is 18.1 Å². The molecule has 29 heavy (non-hydrogen) atoms. The van der Waals surface area contributed by atoms with E-state index >= 15 is 0 Å². The highest BCUT2D eigenvalue weighted by atomic mass is 28.4. The van der Waals surface area contributed by atoms with Crippen molar-refractivity contribution in [2.75, 3.05) is 0 Å². The molecule has 0 aliphatic carbocycles. The maximum atomic E-state index is 7.10. The number of benzene rings is 2. The Balaban J connectivity index is 2.33. The molecular formula is C27H40OSi. The summed E-state index contributed by atoms with van der Waals surface area (Å²) >= 11 is 0. The van der Waals surface area contributed by atoms with Crippen LogP contribution in [-0.2, 0) is 10.8 Å². The summed E-state index contributed by atoms with van der Waals surface area (Å²) in [5, 5.41) is 0. The van der Waals surface area contributed by atoms with E-state index in [0.29, 0.717) is 11.8 Å². The zero-order valence-corrected chi connectivity index (χ0v) is 20.1. The topological polar surface area (TPSA) is 9.23 Å². The van der Waals surface area contributed by atoms with Crippen LogP contribution < -0.4 is 0 Å². The minimum absolute atomic E-state index is 0.246. The third kappa shape index (κ3) is 7.28. The fourth-order valence-corrected chi connectivity index (χ4v) is 7.03. The predicted molar refractivity (Wildman–Crippen MR) is 130 cm³/mol. The molecule has 0 aliphatic heterocycles. The summed E-state index contributed by atoms with van der Waals surface area (Å²) in [5.41, 5.74) is 2.73. The van der Waals surface area contributed by atoms with Crippen LogP contribution in [0.4, 0.5) is 0 Å². The minimum Gasteiger partial charge on any atom is -0.413 e. The zero-order valence-electron chi connectivity index (χ0n) is 19.1. The van der Waals surface area contributed by atoms with Gasteiger partial charge >= 0.3 is 0 Å². The van der Waals surface area contributed by atoms with Crippen LogP contribution in [0.15, 0.2) is 72.8 Å². The Hall–Kier alpha value is -1.64. The third-order valence-electron chi connectivity index (χ3n) is 6.16. The molecule has 2 atom stereocenters. The molecule has 2 heteroatoms. The lowest BCUT2D eigenvalue weighted by Gasteiger charge is -2.37. The molecule has 158 valence electrons. The molecule has 0 radical (unpaired) electrons. The molecule has 0 N–H and O–H groups in total. The van der Waals surface area contributed by atoms with E-state index in [9.17, 15) is 0 Å². The van der Waals surface area contributed by atoms with Crippen molar-refractivity contribution in [3.63, 3.8) is 0 Å². The number of hydrogen-bond donors (Lipinski definition) is 0. The first-order valence-electron chi connectivity index (χ1n) is 11.5. The highest BCUT2D eigenvalue weighted by molar-refractivity contribution is 6.73. The summed E-state index contributed by atoms with van der Waals surface area (Å²) in [7, 11) is -1.68. The molecule has 0 amide bonds. The standard InChI is InChI=1S/C27H40OSi/c1-6-29(7-2,8-3)28-27(22-23(4)5)26(25-19-13-10-14-20-25)21-15-18-24-16-11-9-12-17-24/h9-17,19-21,23,26-27H,6-8,18,22H2,1-5H3/b21-15-/t26-,27+/m1/s1. The number of hydrogen-bond acceptors (Lipinski definition) is 1. The lowest BCUT2D eigenvalue weighted by atomic mass is 9.88. The quantitative estimate of drug-likeness (QED) is 0.255. The van der Waals surface area contributed by atoms with Gasteiger partial charge in [0.25, 0.3) is 0 Å². The third-order valence-corrected chi connectivity index (χ3v) is 10.8. The normalized spacial score (nSPS) is 14.4. The second kappa shape index (κ2) is 12.1. The second-order valence-corrected chi connectivity index (χ2v) is 13.3. The molecule has 0 saturated heterocycles. The molecule has 0 aromatic heterocycles. The van der Waals surface area contributed by atoms with Gasteiger partial charge in [0, 0.05) is 5.92 Å². The molecule has 0 aliphatic rings. The second-order valence-electron chi connectivity index (χ2n) is 8.58. The van der Waals surface area contributed by atoms with Gasteiger partial charge in [0.1, 0.15) is 0 Å². The Morgan fingerprint density at radius 3 is 1.90 bits per heavy atom. The average Bonchev–Trinajstić information content (AvgIpc) is 2.75. The van der Waals surface area contributed by atoms with Gasteiger partial charge in [0.05, 0.1) is 6.10 Å². The van der Waals surface area contributed by atoms with Crippen LogP contribution in [0, 0.1) is 5.92 Å². The van der Waals surface area contributed by atoms with Crippen LogP contribution in [0.3, 0.4) is 0 Å². The van der Waals surface area contributed by atoms with Gasteiger partial charge in [-0.1, -0.05) is 107 Å². The van der Waals surface area contributed by atoms with Gasteiger partial charge in [-0.25, -0.2) is 0 Å². The average molecular weight is 409 g/mol. The van der Waals surface area contributed by atoms with E-state index in [1.807, 2.05) is 0 Å². The SMILES string of the molecule is CC[Si](CC)(CC)O[C@@H](CC(C)C)[C@H](/C=C\Cc1ccccc1)c1ccccc1. The van der Waals surface area contributed by atoms with Crippen LogP contribution in [0.5, 0.6) is 0 Å². The van der Waals surface area contributed by atoms with Crippen molar-refractivity contribution in [2.24, 2.45) is 5.92 Å². The summed E-state index contributed by atoms with van der Waals surface area (Å²) < 4.78 is 7.10. The van der Waals surface area contributed by atoms with Crippen molar-refractivity contribution in [3.05, 3.63) is 83.9 Å². The summed E-state index contributed by atoms with van der Waals surface area (Å²) in [4.78, 5) is 0. The molecule has 0 unspecified atom stereocenters. The van der Waals surface area contributed by atoms with Gasteiger partial charge in [-0.05, 0) is 48.0 Å². The van der Waals surface area contributed by atoms with Gasteiger partial charge in [-0.15, -0.1) is 0 Å². The van der Waals surface area contributed by atoms with Crippen LogP contribution >= 0.6 is 0 Å². The highest BCUT2D eigenvalue weighted by Gasteiger charge is 2.35. The van der Waals surface area contributed by atoms with Crippen molar-refractivity contribution >= 4 is 8.32 Å². The lowest BCUT2D eigenvalue weighted by Crippen LogP contribution is -2.42. The number of rotatable bonds is 12. The van der Waals surface area contributed by atoms with Gasteiger partial charge in [0.2, 0.25) is 0 Å². The van der Waals surface area contributed by atoms with Gasteiger partial charge in [-0.2, -0.15) is 0 Å². The molecule has 1 nitrogen and oxygen atoms in total. The van der Waals surface area contributed by atoms with Crippen molar-refractivity contribution in [1.82, 2.24) is 0 Å². The highest BCUT2D eigenvalue weighted by Crippen LogP contribution is 2.34.